The summed E-state index contributed by atoms with van der Waals surface area (Å²) in [6.07, 6.45) is 1.50. The lowest BCUT2D eigenvalue weighted by Gasteiger charge is -2.35. The van der Waals surface area contributed by atoms with E-state index in [1.165, 1.54) is 6.07 Å². The molecule has 216 valence electrons. The second-order valence-corrected chi connectivity index (χ2v) is 10.7. The van der Waals surface area contributed by atoms with Gasteiger partial charge in [0, 0.05) is 48.4 Å². The Hall–Kier alpha value is -3.99. The van der Waals surface area contributed by atoms with Crippen LogP contribution in [0.25, 0.3) is 10.9 Å². The third kappa shape index (κ3) is 7.02. The molecular formula is C30H32F3N5O3. The number of pyridine rings is 1. The number of hydrogen-bond donors (Lipinski definition) is 3. The molecule has 8 nitrogen and oxygen atoms in total. The van der Waals surface area contributed by atoms with Crippen LogP contribution < -0.4 is 16.0 Å². The number of rotatable bonds is 7. The standard InChI is InChI=1S/C30H32F3N5O3/c31-30(32,33)20-5-3-4-19(16-20)28(40)35-17-27(39)36-22-13-15-38(18-22)23-10-8-21(9-11-23)37-29(41)25-12-14-34-26-7-2-1-6-24(25)26/h1-7,12,14,16,21-23H,8-11,13,15,17-18H2,(H,35,40)(H,36,39)(H,37,41)/t21?,22-,23?/m1/s1. The van der Waals surface area contributed by atoms with Gasteiger partial charge in [-0.15, -0.1) is 0 Å². The molecule has 1 saturated heterocycles. The second kappa shape index (κ2) is 12.3. The Morgan fingerprint density at radius 2 is 1.66 bits per heavy atom. The van der Waals surface area contributed by atoms with Crippen LogP contribution in [0.5, 0.6) is 0 Å². The maximum absolute atomic E-state index is 13.0. The average Bonchev–Trinajstić information content (AvgIpc) is 3.44. The Morgan fingerprint density at radius 1 is 0.878 bits per heavy atom. The lowest BCUT2D eigenvalue weighted by molar-refractivity contribution is -0.137. The lowest BCUT2D eigenvalue weighted by atomic mass is 9.90. The highest BCUT2D eigenvalue weighted by atomic mass is 19.4. The van der Waals surface area contributed by atoms with Gasteiger partial charge in [-0.1, -0.05) is 24.3 Å². The number of nitrogens with one attached hydrogen (secondary N) is 3. The van der Waals surface area contributed by atoms with Gasteiger partial charge in [0.2, 0.25) is 5.91 Å². The molecule has 2 aliphatic rings. The Morgan fingerprint density at radius 3 is 2.44 bits per heavy atom. The number of alkyl halides is 3. The number of amides is 3. The zero-order valence-corrected chi connectivity index (χ0v) is 22.4. The predicted molar refractivity (Wildman–Crippen MR) is 147 cm³/mol. The predicted octanol–water partition coefficient (Wildman–Crippen LogP) is 3.92. The van der Waals surface area contributed by atoms with Crippen molar-refractivity contribution in [1.29, 1.82) is 0 Å². The summed E-state index contributed by atoms with van der Waals surface area (Å²) in [5.41, 5.74) is 0.347. The van der Waals surface area contributed by atoms with E-state index < -0.39 is 17.6 Å². The molecule has 1 aliphatic carbocycles. The van der Waals surface area contributed by atoms with Crippen molar-refractivity contribution in [3.05, 3.63) is 77.5 Å². The molecule has 2 aromatic carbocycles. The Labute approximate surface area is 235 Å². The molecule has 0 unspecified atom stereocenters. The molecule has 3 amide bonds. The van der Waals surface area contributed by atoms with Crippen LogP contribution in [0.1, 0.15) is 58.4 Å². The maximum atomic E-state index is 13.0. The number of nitrogens with zero attached hydrogens (tertiary/aromatic N) is 2. The fraction of sp³-hybridized carbons (Fsp3) is 0.400. The normalized spacial score (nSPS) is 21.4. The summed E-state index contributed by atoms with van der Waals surface area (Å²) in [5.74, 6) is -1.20. The highest BCUT2D eigenvalue weighted by Crippen LogP contribution is 2.30. The number of carbonyl (C=O) groups excluding carboxylic acids is 3. The summed E-state index contributed by atoms with van der Waals surface area (Å²) in [4.78, 5) is 44.3. The van der Waals surface area contributed by atoms with Crippen molar-refractivity contribution >= 4 is 28.6 Å². The van der Waals surface area contributed by atoms with Gasteiger partial charge < -0.3 is 16.0 Å². The van der Waals surface area contributed by atoms with Gasteiger partial charge >= 0.3 is 6.18 Å². The van der Waals surface area contributed by atoms with Crippen molar-refractivity contribution in [2.24, 2.45) is 0 Å². The molecule has 1 aliphatic heterocycles. The highest BCUT2D eigenvalue weighted by molar-refractivity contribution is 6.06. The monoisotopic (exact) mass is 567 g/mol. The third-order valence-corrected chi connectivity index (χ3v) is 7.89. The van der Waals surface area contributed by atoms with Crippen LogP contribution in [0.3, 0.4) is 0 Å². The van der Waals surface area contributed by atoms with Crippen molar-refractivity contribution in [2.45, 2.75) is 56.4 Å². The molecule has 3 N–H and O–H groups in total. The topological polar surface area (TPSA) is 103 Å². The molecule has 1 atom stereocenters. The molecule has 3 aromatic rings. The number of fused-ring (bicyclic) bond motifs is 1. The van der Waals surface area contributed by atoms with Gasteiger partial charge in [-0.25, -0.2) is 0 Å². The summed E-state index contributed by atoms with van der Waals surface area (Å²) in [6.45, 7) is 1.22. The molecule has 2 fully saturated rings. The van der Waals surface area contributed by atoms with E-state index in [-0.39, 0.29) is 36.0 Å². The first kappa shape index (κ1) is 28.5. The minimum absolute atomic E-state index is 0.0645. The van der Waals surface area contributed by atoms with Gasteiger partial charge in [0.1, 0.15) is 0 Å². The molecule has 2 heterocycles. The minimum atomic E-state index is -4.55. The minimum Gasteiger partial charge on any atom is -0.350 e. The first-order valence-corrected chi connectivity index (χ1v) is 13.8. The number of aromatic nitrogens is 1. The third-order valence-electron chi connectivity index (χ3n) is 7.89. The summed E-state index contributed by atoms with van der Waals surface area (Å²) >= 11 is 0. The van der Waals surface area contributed by atoms with Crippen molar-refractivity contribution in [3.8, 4) is 0 Å². The van der Waals surface area contributed by atoms with Gasteiger partial charge in [-0.2, -0.15) is 13.2 Å². The van der Waals surface area contributed by atoms with Gasteiger partial charge in [0.15, 0.2) is 0 Å². The summed E-state index contributed by atoms with van der Waals surface area (Å²) in [7, 11) is 0. The van der Waals surface area contributed by atoms with Gasteiger partial charge in [-0.05, 0) is 62.4 Å². The van der Waals surface area contributed by atoms with E-state index in [9.17, 15) is 27.6 Å². The van der Waals surface area contributed by atoms with E-state index in [2.05, 4.69) is 25.8 Å². The van der Waals surface area contributed by atoms with Crippen molar-refractivity contribution in [1.82, 2.24) is 25.8 Å². The molecule has 0 spiro atoms. The van der Waals surface area contributed by atoms with E-state index in [0.717, 1.165) is 67.8 Å². The number of hydrogen-bond acceptors (Lipinski definition) is 5. The first-order valence-electron chi connectivity index (χ1n) is 13.8. The fourth-order valence-corrected chi connectivity index (χ4v) is 5.76. The molecule has 41 heavy (non-hydrogen) atoms. The Bertz CT molecular complexity index is 1420. The molecule has 0 bridgehead atoms. The summed E-state index contributed by atoms with van der Waals surface area (Å²) in [5, 5.41) is 9.34. The Kier molecular flexibility index (Phi) is 8.53. The highest BCUT2D eigenvalue weighted by Gasteiger charge is 2.33. The van der Waals surface area contributed by atoms with Crippen LogP contribution in [-0.4, -0.2) is 65.4 Å². The summed E-state index contributed by atoms with van der Waals surface area (Å²) in [6, 6.07) is 13.8. The van der Waals surface area contributed by atoms with Gasteiger partial charge in [0.25, 0.3) is 11.8 Å². The van der Waals surface area contributed by atoms with Gasteiger partial charge in [0.05, 0.1) is 23.2 Å². The van der Waals surface area contributed by atoms with Crippen LogP contribution in [-0.2, 0) is 11.0 Å². The zero-order chi connectivity index (χ0) is 29.0. The number of para-hydroxylation sites is 1. The molecule has 1 aromatic heterocycles. The number of halogens is 3. The van der Waals surface area contributed by atoms with Crippen LogP contribution in [0, 0.1) is 0 Å². The van der Waals surface area contributed by atoms with Gasteiger partial charge in [-0.3, -0.25) is 24.3 Å². The van der Waals surface area contributed by atoms with Crippen LogP contribution >= 0.6 is 0 Å². The van der Waals surface area contributed by atoms with E-state index in [4.69, 9.17) is 0 Å². The zero-order valence-electron chi connectivity index (χ0n) is 22.4. The maximum Gasteiger partial charge on any atom is 0.416 e. The Balaban J connectivity index is 1.04. The SMILES string of the molecule is O=C(CNC(=O)c1cccc(C(F)(F)F)c1)N[C@@H]1CCN(C2CCC(NC(=O)c3ccnc4ccccc34)CC2)C1. The van der Waals surface area contributed by atoms with Crippen LogP contribution in [0.15, 0.2) is 60.8 Å². The fourth-order valence-electron chi connectivity index (χ4n) is 5.76. The van der Waals surface area contributed by atoms with Crippen molar-refractivity contribution in [3.63, 3.8) is 0 Å². The van der Waals surface area contributed by atoms with Crippen molar-refractivity contribution in [2.75, 3.05) is 19.6 Å². The smallest absolute Gasteiger partial charge is 0.350 e. The average molecular weight is 568 g/mol. The molecule has 5 rings (SSSR count). The molecule has 11 heteroatoms. The number of carbonyl (C=O) groups is 3. The van der Waals surface area contributed by atoms with Crippen LogP contribution in [0.2, 0.25) is 0 Å². The number of benzene rings is 2. The molecule has 1 saturated carbocycles. The largest absolute Gasteiger partial charge is 0.416 e. The molecular weight excluding hydrogens is 535 g/mol. The summed E-state index contributed by atoms with van der Waals surface area (Å²) < 4.78 is 38.7. The quantitative estimate of drug-likeness (QED) is 0.402. The number of likely N-dealkylation sites (tertiary alicyclic amines) is 1. The lowest BCUT2D eigenvalue weighted by Crippen LogP contribution is -2.46. The first-order chi connectivity index (χ1) is 19.7. The van der Waals surface area contributed by atoms with E-state index in [1.54, 1.807) is 12.3 Å². The van der Waals surface area contributed by atoms with Crippen molar-refractivity contribution < 1.29 is 27.6 Å². The molecule has 0 radical (unpaired) electrons. The van der Waals surface area contributed by atoms with E-state index >= 15 is 0 Å². The second-order valence-electron chi connectivity index (χ2n) is 10.7. The van der Waals surface area contributed by atoms with E-state index in [1.807, 2.05) is 24.3 Å². The van der Waals surface area contributed by atoms with Crippen LogP contribution in [0.4, 0.5) is 13.2 Å². The van der Waals surface area contributed by atoms with E-state index in [0.29, 0.717) is 18.2 Å².